The van der Waals surface area contributed by atoms with Crippen LogP contribution in [0.3, 0.4) is 0 Å². The second-order valence-electron chi connectivity index (χ2n) is 13.3. The molecule has 10 nitrogen and oxygen atoms in total. The Morgan fingerprint density at radius 2 is 1.89 bits per heavy atom. The molecular weight excluding hydrogens is 629 g/mol. The molecule has 46 heavy (non-hydrogen) atoms. The number of nitrogens with zero attached hydrogens (tertiary/aromatic N) is 5. The monoisotopic (exact) mass is 665 g/mol. The Hall–Kier alpha value is -3.16. The summed E-state index contributed by atoms with van der Waals surface area (Å²) in [5, 5.41) is 6.38. The summed E-state index contributed by atoms with van der Waals surface area (Å²) in [7, 11) is -3.28. The maximum Gasteiger partial charge on any atom is 0.319 e. The zero-order valence-electron chi connectivity index (χ0n) is 25.7. The van der Waals surface area contributed by atoms with Gasteiger partial charge in [-0.05, 0) is 56.5 Å². The second-order valence-corrected chi connectivity index (χ2v) is 15.6. The molecule has 2 aromatic carbocycles. The van der Waals surface area contributed by atoms with Gasteiger partial charge in [0, 0.05) is 59.9 Å². The van der Waals surface area contributed by atoms with Crippen molar-refractivity contribution in [1.82, 2.24) is 29.9 Å². The van der Waals surface area contributed by atoms with E-state index in [1.165, 1.54) is 6.26 Å². The lowest BCUT2D eigenvalue weighted by Crippen LogP contribution is -2.51. The third-order valence-corrected chi connectivity index (χ3v) is 11.4. The number of rotatable bonds is 8. The first-order valence-corrected chi connectivity index (χ1v) is 18.3. The molecule has 4 saturated heterocycles. The van der Waals surface area contributed by atoms with Gasteiger partial charge >= 0.3 is 6.01 Å². The van der Waals surface area contributed by atoms with Crippen molar-refractivity contribution in [3.8, 4) is 17.3 Å². The van der Waals surface area contributed by atoms with Crippen molar-refractivity contribution in [2.45, 2.75) is 62.2 Å². The number of benzene rings is 2. The highest BCUT2D eigenvalue weighted by atomic mass is 35.5. The van der Waals surface area contributed by atoms with E-state index in [0.29, 0.717) is 47.0 Å². The van der Waals surface area contributed by atoms with Crippen LogP contribution in [0.4, 0.5) is 10.2 Å². The molecule has 4 aliphatic rings. The number of nitrogens with one attached hydrogen (secondary N) is 2. The Kier molecular flexibility index (Phi) is 7.56. The van der Waals surface area contributed by atoms with E-state index in [9.17, 15) is 8.42 Å². The highest BCUT2D eigenvalue weighted by Crippen LogP contribution is 2.43. The lowest BCUT2D eigenvalue weighted by atomic mass is 9.95. The molecule has 6 heterocycles. The van der Waals surface area contributed by atoms with Gasteiger partial charge in [0.05, 0.1) is 17.2 Å². The van der Waals surface area contributed by atoms with Crippen LogP contribution in [-0.2, 0) is 10.0 Å². The zero-order valence-corrected chi connectivity index (χ0v) is 27.2. The van der Waals surface area contributed by atoms with Gasteiger partial charge in [-0.2, -0.15) is 9.97 Å². The van der Waals surface area contributed by atoms with Crippen molar-refractivity contribution in [2.24, 2.45) is 0 Å². The molecule has 2 bridgehead atoms. The molecule has 4 fully saturated rings. The van der Waals surface area contributed by atoms with Gasteiger partial charge in [-0.15, -0.1) is 0 Å². The summed E-state index contributed by atoms with van der Waals surface area (Å²) in [6.45, 7) is 3.12. The number of pyridine rings is 1. The minimum Gasteiger partial charge on any atom is -0.461 e. The third kappa shape index (κ3) is 5.37. The van der Waals surface area contributed by atoms with Crippen LogP contribution < -0.4 is 19.7 Å². The molecule has 13 heteroatoms. The van der Waals surface area contributed by atoms with Crippen LogP contribution in [0.5, 0.6) is 6.01 Å². The zero-order chi connectivity index (χ0) is 31.6. The van der Waals surface area contributed by atoms with Gasteiger partial charge in [0.2, 0.25) is 10.0 Å². The number of sulfonamides is 1. The van der Waals surface area contributed by atoms with E-state index >= 15 is 4.39 Å². The van der Waals surface area contributed by atoms with Crippen LogP contribution in [0.1, 0.15) is 38.5 Å². The normalized spacial score (nSPS) is 26.3. The molecule has 0 saturated carbocycles. The first-order valence-electron chi connectivity index (χ1n) is 16.1. The average Bonchev–Trinajstić information content (AvgIpc) is 3.71. The topological polar surface area (TPSA) is 113 Å². The van der Waals surface area contributed by atoms with Crippen LogP contribution in [0.2, 0.25) is 5.02 Å². The quantitative estimate of drug-likeness (QED) is 0.281. The largest absolute Gasteiger partial charge is 0.461 e. The molecule has 2 N–H and O–H groups in total. The van der Waals surface area contributed by atoms with Crippen molar-refractivity contribution < 1.29 is 17.5 Å². The van der Waals surface area contributed by atoms with Crippen LogP contribution >= 0.6 is 11.6 Å². The molecule has 0 spiro atoms. The molecule has 2 aromatic heterocycles. The number of hydrogen-bond donors (Lipinski definition) is 2. The van der Waals surface area contributed by atoms with Crippen molar-refractivity contribution in [3.05, 3.63) is 53.4 Å². The number of halogens is 2. The van der Waals surface area contributed by atoms with Crippen molar-refractivity contribution in [1.29, 1.82) is 0 Å². The molecule has 4 aromatic rings. The summed E-state index contributed by atoms with van der Waals surface area (Å²) >= 11 is 6.62. The van der Waals surface area contributed by atoms with Crippen LogP contribution in [0.15, 0.2) is 42.6 Å². The van der Waals surface area contributed by atoms with Gasteiger partial charge < -0.3 is 15.0 Å². The lowest BCUT2D eigenvalue weighted by molar-refractivity contribution is 0.0857. The van der Waals surface area contributed by atoms with E-state index in [4.69, 9.17) is 26.3 Å². The van der Waals surface area contributed by atoms with Gasteiger partial charge in [-0.25, -0.2) is 17.5 Å². The minimum absolute atomic E-state index is 0.101. The fourth-order valence-electron chi connectivity index (χ4n) is 8.25. The Morgan fingerprint density at radius 3 is 2.67 bits per heavy atom. The Balaban J connectivity index is 1.17. The highest BCUT2D eigenvalue weighted by Gasteiger charge is 2.50. The molecule has 4 atom stereocenters. The maximum absolute atomic E-state index is 16.7. The molecule has 4 aliphatic heterocycles. The summed E-state index contributed by atoms with van der Waals surface area (Å²) in [5.74, 6) is 0.0969. The SMILES string of the molecule is CS(=O)(=O)NCC1CCC2(COc3nc(N4CC5CCC(C4)N5)c4cnc(-c5cccc6cccc(Cl)c56)c(F)c4n3)CCCN12. The number of piperazine rings is 1. The first kappa shape index (κ1) is 30.2. The van der Waals surface area contributed by atoms with E-state index in [0.717, 1.165) is 68.9 Å². The number of aromatic nitrogens is 3. The summed E-state index contributed by atoms with van der Waals surface area (Å²) in [4.78, 5) is 18.9. The summed E-state index contributed by atoms with van der Waals surface area (Å²) < 4.78 is 49.4. The fourth-order valence-corrected chi connectivity index (χ4v) is 9.03. The van der Waals surface area contributed by atoms with Gasteiger partial charge in [-0.1, -0.05) is 41.9 Å². The second kappa shape index (κ2) is 11.5. The van der Waals surface area contributed by atoms with Gasteiger partial charge in [-0.3, -0.25) is 9.88 Å². The van der Waals surface area contributed by atoms with Crippen molar-refractivity contribution in [2.75, 3.05) is 43.9 Å². The van der Waals surface area contributed by atoms with E-state index in [1.54, 1.807) is 12.3 Å². The lowest BCUT2D eigenvalue weighted by Gasteiger charge is -2.35. The third-order valence-electron chi connectivity index (χ3n) is 10.4. The van der Waals surface area contributed by atoms with Gasteiger partial charge in [0.1, 0.15) is 23.6 Å². The van der Waals surface area contributed by atoms with Crippen molar-refractivity contribution >= 4 is 49.1 Å². The van der Waals surface area contributed by atoms with E-state index < -0.39 is 15.8 Å². The smallest absolute Gasteiger partial charge is 0.319 e. The van der Waals surface area contributed by atoms with E-state index in [1.807, 2.05) is 30.3 Å². The maximum atomic E-state index is 16.7. The number of anilines is 1. The summed E-state index contributed by atoms with van der Waals surface area (Å²) in [5.41, 5.74) is 0.714. The standard InChI is InChI=1S/C33H37ClFN7O3S/c1-46(43,44)37-15-23-11-13-33(12-4-14-42(23)33)19-45-32-39-30-25(31(40-32)41-17-21-9-10-22(18-41)38-21)16-36-29(28(30)35)24-7-2-5-20-6-3-8-26(34)27(20)24/h2-3,5-8,16,21-23,37-38H,4,9-15,17-19H2,1H3. The van der Waals surface area contributed by atoms with Crippen LogP contribution in [0, 0.1) is 5.82 Å². The van der Waals surface area contributed by atoms with Crippen LogP contribution in [-0.4, -0.2) is 91.0 Å². The molecule has 4 unspecified atom stereocenters. The Morgan fingerprint density at radius 1 is 1.11 bits per heavy atom. The molecule has 0 aliphatic carbocycles. The number of hydrogen-bond acceptors (Lipinski definition) is 9. The molecule has 0 amide bonds. The average molecular weight is 666 g/mol. The van der Waals surface area contributed by atoms with Crippen molar-refractivity contribution in [3.63, 3.8) is 0 Å². The van der Waals surface area contributed by atoms with Crippen LogP contribution in [0.25, 0.3) is 32.9 Å². The summed E-state index contributed by atoms with van der Waals surface area (Å²) in [6, 6.07) is 12.2. The number of ether oxygens (including phenoxy) is 1. The highest BCUT2D eigenvalue weighted by molar-refractivity contribution is 7.88. The molecule has 8 rings (SSSR count). The first-order chi connectivity index (χ1) is 22.2. The van der Waals surface area contributed by atoms with E-state index in [-0.39, 0.29) is 28.8 Å². The molecule has 0 radical (unpaired) electrons. The Bertz CT molecular complexity index is 1930. The number of fused-ring (bicyclic) bond motifs is 5. The fraction of sp³-hybridized carbons (Fsp3) is 0.485. The van der Waals surface area contributed by atoms with E-state index in [2.05, 4.69) is 24.8 Å². The molecular formula is C33H37ClFN7O3S. The molecule has 242 valence electrons. The Labute approximate surface area is 272 Å². The predicted octanol–water partition coefficient (Wildman–Crippen LogP) is 4.50. The van der Waals surface area contributed by atoms with Gasteiger partial charge in [0.25, 0.3) is 0 Å². The minimum atomic E-state index is -3.28. The summed E-state index contributed by atoms with van der Waals surface area (Å²) in [6.07, 6.45) is 8.76. The van der Waals surface area contributed by atoms with Gasteiger partial charge in [0.15, 0.2) is 5.82 Å². The predicted molar refractivity (Wildman–Crippen MR) is 177 cm³/mol.